The summed E-state index contributed by atoms with van der Waals surface area (Å²) in [6.07, 6.45) is 1.59. The second kappa shape index (κ2) is 9.13. The quantitative estimate of drug-likeness (QED) is 0.613. The van der Waals surface area contributed by atoms with Crippen LogP contribution in [0.2, 0.25) is 0 Å². The summed E-state index contributed by atoms with van der Waals surface area (Å²) in [5.74, 6) is 1.97. The van der Waals surface area contributed by atoms with Crippen molar-refractivity contribution in [1.82, 2.24) is 14.9 Å². The molecule has 8 heteroatoms. The third-order valence-corrected chi connectivity index (χ3v) is 7.43. The number of anilines is 2. The zero-order chi connectivity index (χ0) is 22.1. The minimum absolute atomic E-state index is 0.218. The lowest BCUT2D eigenvalue weighted by molar-refractivity contribution is -0.117. The van der Waals surface area contributed by atoms with E-state index in [0.717, 1.165) is 78.9 Å². The Balaban J connectivity index is 1.35. The third kappa shape index (κ3) is 4.35. The molecule has 3 aromatic rings. The number of thiophene rings is 1. The van der Waals surface area contributed by atoms with Crippen LogP contribution in [0.25, 0.3) is 10.2 Å². The van der Waals surface area contributed by atoms with Crippen LogP contribution in [0.5, 0.6) is 0 Å². The monoisotopic (exact) mass is 451 g/mol. The van der Waals surface area contributed by atoms with Gasteiger partial charge in [-0.3, -0.25) is 9.69 Å². The number of hydrogen-bond donors (Lipinski definition) is 1. The van der Waals surface area contributed by atoms with Crippen LogP contribution in [0, 0.1) is 13.8 Å². The number of fused-ring (bicyclic) bond motifs is 1. The molecular formula is C24H29N5O2S. The van der Waals surface area contributed by atoms with Gasteiger partial charge in [0.1, 0.15) is 16.5 Å². The maximum atomic E-state index is 12.0. The molecule has 0 radical (unpaired) electrons. The van der Waals surface area contributed by atoms with Crippen LogP contribution in [-0.4, -0.2) is 53.6 Å². The Morgan fingerprint density at radius 2 is 1.88 bits per heavy atom. The topological polar surface area (TPSA) is 70.6 Å². The molecule has 7 nitrogen and oxygen atoms in total. The molecule has 4 heterocycles. The predicted octanol–water partition coefficient (Wildman–Crippen LogP) is 3.88. The number of aryl methyl sites for hydroxylation is 2. The Hall–Kier alpha value is -2.55. The third-order valence-electron chi connectivity index (χ3n) is 6.33. The maximum absolute atomic E-state index is 12.0. The van der Waals surface area contributed by atoms with Crippen molar-refractivity contribution in [2.75, 3.05) is 43.1 Å². The number of aromatic nitrogens is 2. The number of nitrogens with one attached hydrogen (secondary N) is 1. The predicted molar refractivity (Wildman–Crippen MR) is 128 cm³/mol. The Bertz CT molecular complexity index is 1120. The van der Waals surface area contributed by atoms with Crippen molar-refractivity contribution in [3.63, 3.8) is 0 Å². The summed E-state index contributed by atoms with van der Waals surface area (Å²) in [7, 11) is 0. The summed E-state index contributed by atoms with van der Waals surface area (Å²) in [5.41, 5.74) is 3.39. The van der Waals surface area contributed by atoms with Gasteiger partial charge in [-0.1, -0.05) is 12.1 Å². The van der Waals surface area contributed by atoms with Gasteiger partial charge in [0.2, 0.25) is 5.91 Å². The highest BCUT2D eigenvalue weighted by molar-refractivity contribution is 7.18. The summed E-state index contributed by atoms with van der Waals surface area (Å²) in [6, 6.07) is 8.26. The van der Waals surface area contributed by atoms with E-state index in [4.69, 9.17) is 14.7 Å². The van der Waals surface area contributed by atoms with Crippen molar-refractivity contribution in [2.45, 2.75) is 39.8 Å². The lowest BCUT2D eigenvalue weighted by atomic mass is 10.1. The number of hydrogen-bond acceptors (Lipinski definition) is 7. The van der Waals surface area contributed by atoms with Crippen LogP contribution in [0.3, 0.4) is 0 Å². The molecule has 0 unspecified atom stereocenters. The highest BCUT2D eigenvalue weighted by atomic mass is 32.1. The van der Waals surface area contributed by atoms with Gasteiger partial charge in [0.05, 0.1) is 25.1 Å². The van der Waals surface area contributed by atoms with E-state index in [1.807, 2.05) is 17.0 Å². The van der Waals surface area contributed by atoms with Crippen LogP contribution < -0.4 is 10.2 Å². The van der Waals surface area contributed by atoms with E-state index < -0.39 is 0 Å². The van der Waals surface area contributed by atoms with Crippen molar-refractivity contribution in [2.24, 2.45) is 0 Å². The molecular weight excluding hydrogens is 422 g/mol. The number of benzene rings is 1. The summed E-state index contributed by atoms with van der Waals surface area (Å²) in [6.45, 7) is 9.88. The van der Waals surface area contributed by atoms with E-state index in [1.165, 1.54) is 10.4 Å². The highest BCUT2D eigenvalue weighted by Gasteiger charge is 2.21. The fourth-order valence-corrected chi connectivity index (χ4v) is 5.40. The van der Waals surface area contributed by atoms with Crippen LogP contribution in [0.15, 0.2) is 24.3 Å². The lowest BCUT2D eigenvalue weighted by Gasteiger charge is -2.25. The SMILES string of the molecule is Cc1sc2nc(CN3CCOCC3)nc(NCc3ccc(N4CCCC4=O)cc3)c2c1C. The second-order valence-electron chi connectivity index (χ2n) is 8.51. The zero-order valence-corrected chi connectivity index (χ0v) is 19.5. The molecule has 2 aliphatic heterocycles. The standard InChI is InChI=1S/C24H29N5O2S/c1-16-17(2)32-24-22(16)23(26-20(27-24)15-28-10-12-31-13-11-28)25-14-18-5-7-19(8-6-18)29-9-3-4-21(29)30/h5-8H,3-4,9-15H2,1-2H3,(H,25,26,27). The molecule has 2 aliphatic rings. The first-order valence-electron chi connectivity index (χ1n) is 11.3. The van der Waals surface area contributed by atoms with Gasteiger partial charge in [0.25, 0.3) is 0 Å². The van der Waals surface area contributed by atoms with Crippen molar-refractivity contribution in [3.05, 3.63) is 46.1 Å². The Kier molecular flexibility index (Phi) is 6.08. The molecule has 1 amide bonds. The lowest BCUT2D eigenvalue weighted by Crippen LogP contribution is -2.36. The molecule has 2 fully saturated rings. The average molecular weight is 452 g/mol. The van der Waals surface area contributed by atoms with Crippen molar-refractivity contribution >= 4 is 39.0 Å². The molecule has 32 heavy (non-hydrogen) atoms. The molecule has 0 spiro atoms. The average Bonchev–Trinajstić information content (AvgIpc) is 3.35. The number of carbonyl (C=O) groups excluding carboxylic acids is 1. The molecule has 1 N–H and O–H groups in total. The van der Waals surface area contributed by atoms with Crippen LogP contribution in [0.4, 0.5) is 11.5 Å². The minimum atomic E-state index is 0.218. The number of ether oxygens (including phenoxy) is 1. The van der Waals surface area contributed by atoms with Crippen LogP contribution in [0.1, 0.15) is 34.7 Å². The zero-order valence-electron chi connectivity index (χ0n) is 18.7. The summed E-state index contributed by atoms with van der Waals surface area (Å²) in [4.78, 5) is 28.3. The fourth-order valence-electron chi connectivity index (χ4n) is 4.35. The van der Waals surface area contributed by atoms with E-state index in [2.05, 4.69) is 36.2 Å². The Morgan fingerprint density at radius 3 is 2.59 bits per heavy atom. The van der Waals surface area contributed by atoms with Crippen LogP contribution >= 0.6 is 11.3 Å². The fraction of sp³-hybridized carbons (Fsp3) is 0.458. The molecule has 0 bridgehead atoms. The summed E-state index contributed by atoms with van der Waals surface area (Å²) in [5, 5.41) is 4.69. The highest BCUT2D eigenvalue weighted by Crippen LogP contribution is 2.34. The molecule has 5 rings (SSSR count). The van der Waals surface area contributed by atoms with Gasteiger partial charge in [-0.2, -0.15) is 0 Å². The summed E-state index contributed by atoms with van der Waals surface area (Å²) < 4.78 is 5.47. The van der Waals surface area contributed by atoms with E-state index in [-0.39, 0.29) is 5.91 Å². The Labute approximate surface area is 192 Å². The molecule has 2 saturated heterocycles. The van der Waals surface area contributed by atoms with Gasteiger partial charge in [0, 0.05) is 43.2 Å². The van der Waals surface area contributed by atoms with E-state index in [1.54, 1.807) is 11.3 Å². The maximum Gasteiger partial charge on any atom is 0.227 e. The number of morpholine rings is 1. The number of nitrogens with zero attached hydrogens (tertiary/aromatic N) is 4. The van der Waals surface area contributed by atoms with Gasteiger partial charge < -0.3 is 15.0 Å². The molecule has 0 aliphatic carbocycles. The first-order valence-corrected chi connectivity index (χ1v) is 12.1. The van der Waals surface area contributed by atoms with Crippen molar-refractivity contribution < 1.29 is 9.53 Å². The first-order chi connectivity index (χ1) is 15.6. The first kappa shape index (κ1) is 21.3. The van der Waals surface area contributed by atoms with Crippen molar-refractivity contribution in [1.29, 1.82) is 0 Å². The van der Waals surface area contributed by atoms with Gasteiger partial charge in [-0.25, -0.2) is 9.97 Å². The number of carbonyl (C=O) groups is 1. The van der Waals surface area contributed by atoms with E-state index >= 15 is 0 Å². The molecule has 0 saturated carbocycles. The number of amides is 1. The normalized spacial score (nSPS) is 17.4. The van der Waals surface area contributed by atoms with E-state index in [0.29, 0.717) is 13.0 Å². The molecule has 1 aromatic carbocycles. The Morgan fingerprint density at radius 1 is 1.09 bits per heavy atom. The largest absolute Gasteiger partial charge is 0.379 e. The van der Waals surface area contributed by atoms with Crippen molar-refractivity contribution in [3.8, 4) is 0 Å². The van der Waals surface area contributed by atoms with E-state index in [9.17, 15) is 4.79 Å². The van der Waals surface area contributed by atoms with Gasteiger partial charge in [-0.15, -0.1) is 11.3 Å². The minimum Gasteiger partial charge on any atom is -0.379 e. The van der Waals surface area contributed by atoms with Gasteiger partial charge >= 0.3 is 0 Å². The van der Waals surface area contributed by atoms with Gasteiger partial charge in [-0.05, 0) is 43.5 Å². The molecule has 2 aromatic heterocycles. The van der Waals surface area contributed by atoms with Crippen LogP contribution in [-0.2, 0) is 22.6 Å². The smallest absolute Gasteiger partial charge is 0.227 e. The number of rotatable bonds is 6. The molecule has 168 valence electrons. The summed E-state index contributed by atoms with van der Waals surface area (Å²) >= 11 is 1.74. The molecule has 0 atom stereocenters. The second-order valence-corrected chi connectivity index (χ2v) is 9.71. The van der Waals surface area contributed by atoms with Gasteiger partial charge in [0.15, 0.2) is 0 Å².